The molecule has 1 aromatic carbocycles. The van der Waals surface area contributed by atoms with Crippen LogP contribution in [0.3, 0.4) is 0 Å². The first-order valence-corrected chi connectivity index (χ1v) is 9.43. The number of nitrogens with two attached hydrogens (primary N) is 1. The molecule has 1 heterocycles. The number of piperidine rings is 1. The average molecular weight is 401 g/mol. The van der Waals surface area contributed by atoms with Crippen LogP contribution < -0.4 is 10.5 Å². The van der Waals surface area contributed by atoms with Crippen LogP contribution in [0.25, 0.3) is 0 Å². The zero-order chi connectivity index (χ0) is 16.8. The van der Waals surface area contributed by atoms with Crippen molar-refractivity contribution in [3.05, 3.63) is 28.2 Å². The van der Waals surface area contributed by atoms with Gasteiger partial charge in [0.25, 0.3) is 0 Å². The Bertz CT molecular complexity index is 574. The van der Waals surface area contributed by atoms with Crippen molar-refractivity contribution in [3.63, 3.8) is 0 Å². The van der Waals surface area contributed by atoms with Crippen molar-refractivity contribution >= 4 is 39.5 Å². The molecular formula is C16H21BrN2O3S. The smallest absolute Gasteiger partial charge is 0.232 e. The third-order valence-electron chi connectivity index (χ3n) is 3.96. The molecule has 5 nitrogen and oxygen atoms in total. The molecule has 1 aliphatic heterocycles. The lowest BCUT2D eigenvalue weighted by atomic mass is 9.96. The SMILES string of the molecule is COc1ccc(CSCC(=O)N2CCC(C(N)=O)CC2)cc1Br. The third-order valence-corrected chi connectivity index (χ3v) is 5.57. The summed E-state index contributed by atoms with van der Waals surface area (Å²) >= 11 is 5.05. The Morgan fingerprint density at radius 3 is 2.65 bits per heavy atom. The van der Waals surface area contributed by atoms with Gasteiger partial charge in [0.2, 0.25) is 11.8 Å². The number of thioether (sulfide) groups is 1. The van der Waals surface area contributed by atoms with Crippen molar-refractivity contribution < 1.29 is 14.3 Å². The number of carbonyl (C=O) groups excluding carboxylic acids is 2. The van der Waals surface area contributed by atoms with Gasteiger partial charge in [-0.15, -0.1) is 11.8 Å². The Hall–Kier alpha value is -1.21. The van der Waals surface area contributed by atoms with E-state index in [1.807, 2.05) is 23.1 Å². The van der Waals surface area contributed by atoms with Gasteiger partial charge in [-0.1, -0.05) is 6.07 Å². The van der Waals surface area contributed by atoms with Crippen LogP contribution in [-0.4, -0.2) is 42.7 Å². The summed E-state index contributed by atoms with van der Waals surface area (Å²) in [6.45, 7) is 1.25. The Kier molecular flexibility index (Phi) is 6.77. The van der Waals surface area contributed by atoms with Gasteiger partial charge >= 0.3 is 0 Å². The highest BCUT2D eigenvalue weighted by Gasteiger charge is 2.25. The number of hydrogen-bond acceptors (Lipinski definition) is 4. The number of ether oxygens (including phenoxy) is 1. The van der Waals surface area contributed by atoms with E-state index in [4.69, 9.17) is 10.5 Å². The molecule has 2 rings (SSSR count). The monoisotopic (exact) mass is 400 g/mol. The van der Waals surface area contributed by atoms with Gasteiger partial charge in [0.1, 0.15) is 5.75 Å². The van der Waals surface area contributed by atoms with Gasteiger partial charge in [-0.3, -0.25) is 9.59 Å². The van der Waals surface area contributed by atoms with Crippen LogP contribution in [0.15, 0.2) is 22.7 Å². The zero-order valence-corrected chi connectivity index (χ0v) is 15.5. The minimum atomic E-state index is -0.253. The summed E-state index contributed by atoms with van der Waals surface area (Å²) in [5.41, 5.74) is 6.45. The Balaban J connectivity index is 1.75. The second kappa shape index (κ2) is 8.59. The lowest BCUT2D eigenvalue weighted by molar-refractivity contribution is -0.132. The topological polar surface area (TPSA) is 72.6 Å². The van der Waals surface area contributed by atoms with Gasteiger partial charge in [-0.25, -0.2) is 0 Å². The molecule has 0 radical (unpaired) electrons. The van der Waals surface area contributed by atoms with Gasteiger partial charge in [-0.05, 0) is 46.5 Å². The number of halogens is 1. The molecule has 1 fully saturated rings. The fraction of sp³-hybridized carbons (Fsp3) is 0.500. The number of primary amides is 1. The maximum atomic E-state index is 12.2. The summed E-state index contributed by atoms with van der Waals surface area (Å²) in [6.07, 6.45) is 1.36. The van der Waals surface area contributed by atoms with E-state index >= 15 is 0 Å². The highest BCUT2D eigenvalue weighted by Crippen LogP contribution is 2.27. The number of nitrogens with zero attached hydrogens (tertiary/aromatic N) is 1. The van der Waals surface area contributed by atoms with Crippen LogP contribution in [0.1, 0.15) is 18.4 Å². The van der Waals surface area contributed by atoms with E-state index in [0.717, 1.165) is 21.5 Å². The van der Waals surface area contributed by atoms with E-state index in [1.165, 1.54) is 0 Å². The summed E-state index contributed by atoms with van der Waals surface area (Å²) < 4.78 is 6.11. The van der Waals surface area contributed by atoms with Gasteiger partial charge in [-0.2, -0.15) is 0 Å². The van der Waals surface area contributed by atoms with Crippen molar-refractivity contribution in [2.45, 2.75) is 18.6 Å². The molecule has 7 heteroatoms. The summed E-state index contributed by atoms with van der Waals surface area (Å²) in [5.74, 6) is 1.81. The summed E-state index contributed by atoms with van der Waals surface area (Å²) in [6, 6.07) is 5.92. The van der Waals surface area contributed by atoms with Crippen LogP contribution in [0.5, 0.6) is 5.75 Å². The number of amides is 2. The largest absolute Gasteiger partial charge is 0.496 e. The molecular weight excluding hydrogens is 380 g/mol. The Morgan fingerprint density at radius 2 is 2.09 bits per heavy atom. The van der Waals surface area contributed by atoms with E-state index in [2.05, 4.69) is 15.9 Å². The molecule has 2 amide bonds. The molecule has 1 saturated heterocycles. The quantitative estimate of drug-likeness (QED) is 0.795. The fourth-order valence-electron chi connectivity index (χ4n) is 2.56. The molecule has 0 aromatic heterocycles. The first-order valence-electron chi connectivity index (χ1n) is 7.48. The molecule has 1 aliphatic rings. The minimum Gasteiger partial charge on any atom is -0.496 e. The van der Waals surface area contributed by atoms with Crippen LogP contribution in [0.2, 0.25) is 0 Å². The predicted molar refractivity (Wildman–Crippen MR) is 95.4 cm³/mol. The highest BCUT2D eigenvalue weighted by molar-refractivity contribution is 9.10. The average Bonchev–Trinajstić information content (AvgIpc) is 2.55. The number of likely N-dealkylation sites (tertiary alicyclic amines) is 1. The standard InChI is InChI=1S/C16H21BrN2O3S/c1-22-14-3-2-11(8-13(14)17)9-23-10-15(20)19-6-4-12(5-7-19)16(18)21/h2-3,8,12H,4-7,9-10H2,1H3,(H2,18,21). The van der Waals surface area contributed by atoms with Gasteiger partial charge in [0, 0.05) is 24.8 Å². The second-order valence-electron chi connectivity index (χ2n) is 5.52. The zero-order valence-electron chi connectivity index (χ0n) is 13.1. The molecule has 0 bridgehead atoms. The maximum absolute atomic E-state index is 12.2. The molecule has 0 aliphatic carbocycles. The first kappa shape index (κ1) is 18.1. The lowest BCUT2D eigenvalue weighted by Crippen LogP contribution is -2.42. The number of carbonyl (C=O) groups is 2. The Labute approximate surface area is 149 Å². The predicted octanol–water partition coefficient (Wildman–Crippen LogP) is 2.41. The van der Waals surface area contributed by atoms with Crippen LogP contribution in [-0.2, 0) is 15.3 Å². The van der Waals surface area contributed by atoms with Crippen molar-refractivity contribution in [2.24, 2.45) is 11.7 Å². The molecule has 0 saturated carbocycles. The van der Waals surface area contributed by atoms with Crippen LogP contribution in [0.4, 0.5) is 0 Å². The van der Waals surface area contributed by atoms with Gasteiger partial charge < -0.3 is 15.4 Å². The van der Waals surface area contributed by atoms with E-state index < -0.39 is 0 Å². The van der Waals surface area contributed by atoms with Gasteiger partial charge in [0.15, 0.2) is 0 Å². The minimum absolute atomic E-state index is 0.0802. The summed E-state index contributed by atoms with van der Waals surface area (Å²) in [7, 11) is 1.63. The van der Waals surface area contributed by atoms with E-state index in [0.29, 0.717) is 31.7 Å². The van der Waals surface area contributed by atoms with Crippen LogP contribution in [0, 0.1) is 5.92 Å². The number of rotatable bonds is 6. The van der Waals surface area contributed by atoms with Crippen molar-refractivity contribution in [3.8, 4) is 5.75 Å². The van der Waals surface area contributed by atoms with E-state index in [1.54, 1.807) is 18.9 Å². The highest BCUT2D eigenvalue weighted by atomic mass is 79.9. The molecule has 1 aromatic rings. The number of methoxy groups -OCH3 is 1. The molecule has 0 spiro atoms. The van der Waals surface area contributed by atoms with Crippen molar-refractivity contribution in [2.75, 3.05) is 26.0 Å². The van der Waals surface area contributed by atoms with Crippen molar-refractivity contribution in [1.29, 1.82) is 0 Å². The first-order chi connectivity index (χ1) is 11.0. The normalized spacial score (nSPS) is 15.5. The third kappa shape index (κ3) is 5.14. The van der Waals surface area contributed by atoms with E-state index in [9.17, 15) is 9.59 Å². The lowest BCUT2D eigenvalue weighted by Gasteiger charge is -2.30. The maximum Gasteiger partial charge on any atom is 0.232 e. The number of hydrogen-bond donors (Lipinski definition) is 1. The van der Waals surface area contributed by atoms with Crippen molar-refractivity contribution in [1.82, 2.24) is 4.90 Å². The van der Waals surface area contributed by atoms with E-state index in [-0.39, 0.29) is 17.7 Å². The number of benzene rings is 1. The summed E-state index contributed by atoms with van der Waals surface area (Å²) in [5, 5.41) is 0. The molecule has 0 unspecified atom stereocenters. The fourth-order valence-corrected chi connectivity index (χ4v) is 4.02. The molecule has 2 N–H and O–H groups in total. The second-order valence-corrected chi connectivity index (χ2v) is 7.36. The molecule has 126 valence electrons. The van der Waals surface area contributed by atoms with Gasteiger partial charge in [0.05, 0.1) is 17.3 Å². The molecule has 0 atom stereocenters. The molecule has 23 heavy (non-hydrogen) atoms. The summed E-state index contributed by atoms with van der Waals surface area (Å²) in [4.78, 5) is 25.2. The van der Waals surface area contributed by atoms with Crippen LogP contribution >= 0.6 is 27.7 Å². The Morgan fingerprint density at radius 1 is 1.39 bits per heavy atom.